The molecule has 1 aliphatic rings. The summed E-state index contributed by atoms with van der Waals surface area (Å²) in [5, 5.41) is 12.2. The molecule has 0 amide bonds. The van der Waals surface area contributed by atoms with Gasteiger partial charge < -0.3 is 10.2 Å². The predicted octanol–water partition coefficient (Wildman–Crippen LogP) is 2.52. The van der Waals surface area contributed by atoms with Crippen molar-refractivity contribution in [3.8, 4) is 6.07 Å². The molecule has 0 radical (unpaired) electrons. The van der Waals surface area contributed by atoms with Crippen LogP contribution in [0.25, 0.3) is 0 Å². The molecule has 0 aliphatic heterocycles. The van der Waals surface area contributed by atoms with Crippen LogP contribution in [0.1, 0.15) is 36.8 Å². The second kappa shape index (κ2) is 7.28. The number of nitriles is 1. The Morgan fingerprint density at radius 1 is 1.26 bits per heavy atom. The van der Waals surface area contributed by atoms with E-state index >= 15 is 0 Å². The number of nitrogens with zero attached hydrogens (tertiary/aromatic N) is 2. The maximum atomic E-state index is 8.74. The van der Waals surface area contributed by atoms with Crippen LogP contribution >= 0.6 is 0 Å². The minimum absolute atomic E-state index is 0.727. The Hall–Kier alpha value is -1.37. The van der Waals surface area contributed by atoms with E-state index in [-0.39, 0.29) is 0 Å². The van der Waals surface area contributed by atoms with Gasteiger partial charge in [-0.25, -0.2) is 0 Å². The van der Waals surface area contributed by atoms with E-state index < -0.39 is 0 Å². The maximum absolute atomic E-state index is 8.74. The lowest BCUT2D eigenvalue weighted by Gasteiger charge is -2.23. The van der Waals surface area contributed by atoms with Crippen molar-refractivity contribution in [1.29, 1.82) is 5.26 Å². The molecule has 0 atom stereocenters. The molecule has 0 heterocycles. The molecule has 19 heavy (non-hydrogen) atoms. The third kappa shape index (κ3) is 4.34. The molecule has 102 valence electrons. The summed E-state index contributed by atoms with van der Waals surface area (Å²) in [6.07, 6.45) is 5.53. The van der Waals surface area contributed by atoms with Crippen LogP contribution in [0.4, 0.5) is 0 Å². The van der Waals surface area contributed by atoms with Crippen LogP contribution in [0, 0.1) is 11.3 Å². The Labute approximate surface area is 116 Å². The summed E-state index contributed by atoms with van der Waals surface area (Å²) in [6.45, 7) is 3.01. The highest BCUT2D eigenvalue weighted by molar-refractivity contribution is 5.31. The fourth-order valence-corrected chi connectivity index (χ4v) is 2.71. The Kier molecular flexibility index (Phi) is 5.38. The van der Waals surface area contributed by atoms with E-state index in [2.05, 4.69) is 23.3 Å². The lowest BCUT2D eigenvalue weighted by Crippen LogP contribution is -2.35. The summed E-state index contributed by atoms with van der Waals surface area (Å²) in [7, 11) is 2.24. The fourth-order valence-electron chi connectivity index (χ4n) is 2.71. The van der Waals surface area contributed by atoms with E-state index in [0.717, 1.165) is 31.2 Å². The summed E-state index contributed by atoms with van der Waals surface area (Å²) in [5.74, 6) is 0. The third-order valence-corrected chi connectivity index (χ3v) is 4.00. The minimum atomic E-state index is 0.727. The van der Waals surface area contributed by atoms with Crippen LogP contribution in [0.3, 0.4) is 0 Å². The molecule has 0 spiro atoms. The second-order valence-electron chi connectivity index (χ2n) is 5.40. The molecular formula is C16H23N3. The molecular weight excluding hydrogens is 234 g/mol. The number of nitrogens with one attached hydrogen (secondary N) is 1. The van der Waals surface area contributed by atoms with Crippen molar-refractivity contribution in [2.24, 2.45) is 0 Å². The molecule has 1 N–H and O–H groups in total. The first-order chi connectivity index (χ1) is 9.29. The van der Waals surface area contributed by atoms with E-state index in [9.17, 15) is 0 Å². The van der Waals surface area contributed by atoms with Crippen molar-refractivity contribution in [2.45, 2.75) is 38.3 Å². The van der Waals surface area contributed by atoms with Gasteiger partial charge in [-0.2, -0.15) is 5.26 Å². The molecule has 1 saturated carbocycles. The van der Waals surface area contributed by atoms with Gasteiger partial charge in [0.25, 0.3) is 0 Å². The Balaban J connectivity index is 1.64. The fraction of sp³-hybridized carbons (Fsp3) is 0.562. The molecule has 0 unspecified atom stereocenters. The van der Waals surface area contributed by atoms with Gasteiger partial charge in [-0.3, -0.25) is 0 Å². The molecule has 1 aliphatic carbocycles. The summed E-state index contributed by atoms with van der Waals surface area (Å²) < 4.78 is 0. The van der Waals surface area contributed by atoms with E-state index in [1.165, 1.54) is 31.2 Å². The Morgan fingerprint density at radius 2 is 1.95 bits per heavy atom. The van der Waals surface area contributed by atoms with E-state index in [1.807, 2.05) is 24.3 Å². The average Bonchev–Trinajstić information content (AvgIpc) is 2.98. The van der Waals surface area contributed by atoms with Gasteiger partial charge in [-0.05, 0) is 37.6 Å². The van der Waals surface area contributed by atoms with E-state index in [4.69, 9.17) is 5.26 Å². The molecule has 3 nitrogen and oxygen atoms in total. The first kappa shape index (κ1) is 14.0. The molecule has 1 aromatic rings. The van der Waals surface area contributed by atoms with Gasteiger partial charge in [0.05, 0.1) is 11.6 Å². The van der Waals surface area contributed by atoms with Crippen molar-refractivity contribution in [3.05, 3.63) is 35.4 Å². The zero-order chi connectivity index (χ0) is 13.5. The highest BCUT2D eigenvalue weighted by Crippen LogP contribution is 2.21. The van der Waals surface area contributed by atoms with Crippen molar-refractivity contribution in [3.63, 3.8) is 0 Å². The predicted molar refractivity (Wildman–Crippen MR) is 77.7 cm³/mol. The number of benzene rings is 1. The van der Waals surface area contributed by atoms with Gasteiger partial charge in [-0.15, -0.1) is 0 Å². The molecule has 2 rings (SSSR count). The zero-order valence-corrected chi connectivity index (χ0v) is 11.7. The molecule has 1 aromatic carbocycles. The molecule has 0 aromatic heterocycles. The highest BCUT2D eigenvalue weighted by Gasteiger charge is 2.18. The lowest BCUT2D eigenvalue weighted by atomic mass is 10.1. The van der Waals surface area contributed by atoms with Crippen LogP contribution in [0.15, 0.2) is 24.3 Å². The SMILES string of the molecule is CN(CCNCc1ccc(C#N)cc1)C1CCCC1. The Bertz CT molecular complexity index is 413. The van der Waals surface area contributed by atoms with Crippen LogP contribution in [0.2, 0.25) is 0 Å². The number of rotatable bonds is 6. The quantitative estimate of drug-likeness (QED) is 0.796. The largest absolute Gasteiger partial charge is 0.311 e. The van der Waals surface area contributed by atoms with E-state index in [1.54, 1.807) is 0 Å². The van der Waals surface area contributed by atoms with Crippen molar-refractivity contribution in [1.82, 2.24) is 10.2 Å². The van der Waals surface area contributed by atoms with Gasteiger partial charge in [0.15, 0.2) is 0 Å². The van der Waals surface area contributed by atoms with Gasteiger partial charge in [0, 0.05) is 25.7 Å². The van der Waals surface area contributed by atoms with Crippen LogP contribution < -0.4 is 5.32 Å². The first-order valence-corrected chi connectivity index (χ1v) is 7.19. The summed E-state index contributed by atoms with van der Waals surface area (Å²) >= 11 is 0. The molecule has 0 saturated heterocycles. The van der Waals surface area contributed by atoms with Crippen molar-refractivity contribution in [2.75, 3.05) is 20.1 Å². The molecule has 1 fully saturated rings. The lowest BCUT2D eigenvalue weighted by molar-refractivity contribution is 0.245. The topological polar surface area (TPSA) is 39.1 Å². The first-order valence-electron chi connectivity index (χ1n) is 7.19. The summed E-state index contributed by atoms with van der Waals surface area (Å²) in [4.78, 5) is 2.48. The second-order valence-corrected chi connectivity index (χ2v) is 5.40. The highest BCUT2D eigenvalue weighted by atomic mass is 15.1. The third-order valence-electron chi connectivity index (χ3n) is 4.00. The Morgan fingerprint density at radius 3 is 2.58 bits per heavy atom. The van der Waals surface area contributed by atoms with Crippen LogP contribution in [0.5, 0.6) is 0 Å². The standard InChI is InChI=1S/C16H23N3/c1-19(16-4-2-3-5-16)11-10-18-13-15-8-6-14(12-17)7-9-15/h6-9,16,18H,2-5,10-11,13H2,1H3. The van der Waals surface area contributed by atoms with Gasteiger partial charge >= 0.3 is 0 Å². The summed E-state index contributed by atoms with van der Waals surface area (Å²) in [6, 6.07) is 10.7. The van der Waals surface area contributed by atoms with Gasteiger partial charge in [-0.1, -0.05) is 25.0 Å². The number of hydrogen-bond acceptors (Lipinski definition) is 3. The average molecular weight is 257 g/mol. The van der Waals surface area contributed by atoms with Crippen LogP contribution in [-0.2, 0) is 6.54 Å². The molecule has 3 heteroatoms. The monoisotopic (exact) mass is 257 g/mol. The van der Waals surface area contributed by atoms with Crippen LogP contribution in [-0.4, -0.2) is 31.1 Å². The minimum Gasteiger partial charge on any atom is -0.311 e. The molecule has 0 bridgehead atoms. The van der Waals surface area contributed by atoms with E-state index in [0.29, 0.717) is 0 Å². The summed E-state index contributed by atoms with van der Waals surface area (Å²) in [5.41, 5.74) is 1.97. The van der Waals surface area contributed by atoms with Crippen molar-refractivity contribution < 1.29 is 0 Å². The number of likely N-dealkylation sites (N-methyl/N-ethyl adjacent to an activating group) is 1. The smallest absolute Gasteiger partial charge is 0.0991 e. The normalized spacial score (nSPS) is 15.8. The van der Waals surface area contributed by atoms with Gasteiger partial charge in [0.2, 0.25) is 0 Å². The number of hydrogen-bond donors (Lipinski definition) is 1. The zero-order valence-electron chi connectivity index (χ0n) is 11.7. The van der Waals surface area contributed by atoms with Crippen molar-refractivity contribution >= 4 is 0 Å². The van der Waals surface area contributed by atoms with Gasteiger partial charge in [0.1, 0.15) is 0 Å². The maximum Gasteiger partial charge on any atom is 0.0991 e.